The zero-order valence-electron chi connectivity index (χ0n) is 16.5. The lowest BCUT2D eigenvalue weighted by molar-refractivity contribution is 0.196. The van der Waals surface area contributed by atoms with Crippen molar-refractivity contribution in [2.75, 3.05) is 13.6 Å². The van der Waals surface area contributed by atoms with Crippen LogP contribution in [0.25, 0.3) is 11.4 Å². The van der Waals surface area contributed by atoms with Crippen LogP contribution in [0.15, 0.2) is 59.4 Å². The van der Waals surface area contributed by atoms with Crippen LogP contribution in [-0.2, 0) is 12.0 Å². The number of pyridine rings is 1. The van der Waals surface area contributed by atoms with Gasteiger partial charge in [-0.2, -0.15) is 4.98 Å². The first kappa shape index (κ1) is 19.1. The van der Waals surface area contributed by atoms with Gasteiger partial charge in [-0.3, -0.25) is 4.98 Å². The van der Waals surface area contributed by atoms with Gasteiger partial charge in [0.2, 0.25) is 11.7 Å². The van der Waals surface area contributed by atoms with Crippen LogP contribution in [0.2, 0.25) is 0 Å². The van der Waals surface area contributed by atoms with Crippen LogP contribution in [0, 0.1) is 0 Å². The summed E-state index contributed by atoms with van der Waals surface area (Å²) < 4.78 is 5.30. The van der Waals surface area contributed by atoms with Crippen LogP contribution >= 0.6 is 0 Å². The van der Waals surface area contributed by atoms with Crippen LogP contribution in [0.5, 0.6) is 0 Å². The topological polar surface area (TPSA) is 84.2 Å². The Balaban J connectivity index is 1.37. The molecule has 0 radical (unpaired) electrons. The number of urea groups is 1. The summed E-state index contributed by atoms with van der Waals surface area (Å²) in [4.78, 5) is 22.6. The predicted molar refractivity (Wildman–Crippen MR) is 109 cm³/mol. The van der Waals surface area contributed by atoms with E-state index in [1.165, 1.54) is 18.4 Å². The molecule has 1 N–H and O–H groups in total. The van der Waals surface area contributed by atoms with Crippen molar-refractivity contribution >= 4 is 6.03 Å². The summed E-state index contributed by atoms with van der Waals surface area (Å²) in [5, 5.41) is 7.10. The normalized spacial score (nSPS) is 15.2. The molecular weight excluding hydrogens is 366 g/mol. The number of nitrogens with zero attached hydrogens (tertiary/aromatic N) is 4. The molecule has 2 aromatic heterocycles. The molecule has 7 nitrogen and oxygen atoms in total. The third kappa shape index (κ3) is 4.29. The predicted octanol–water partition coefficient (Wildman–Crippen LogP) is 3.79. The maximum Gasteiger partial charge on any atom is 0.317 e. The number of benzene rings is 1. The van der Waals surface area contributed by atoms with E-state index < -0.39 is 0 Å². The quantitative estimate of drug-likeness (QED) is 0.691. The summed E-state index contributed by atoms with van der Waals surface area (Å²) in [6.07, 6.45) is 7.94. The van der Waals surface area contributed by atoms with Crippen LogP contribution in [0.3, 0.4) is 0 Å². The molecule has 1 aromatic carbocycles. The number of hydrogen-bond acceptors (Lipinski definition) is 5. The van der Waals surface area contributed by atoms with Gasteiger partial charge in [-0.1, -0.05) is 48.3 Å². The van der Waals surface area contributed by atoms with E-state index in [1.807, 2.05) is 18.2 Å². The number of amides is 2. The van der Waals surface area contributed by atoms with Gasteiger partial charge in [0.05, 0.1) is 0 Å². The van der Waals surface area contributed by atoms with Gasteiger partial charge in [0.1, 0.15) is 6.54 Å². The van der Waals surface area contributed by atoms with Crippen LogP contribution < -0.4 is 5.32 Å². The van der Waals surface area contributed by atoms with Crippen molar-refractivity contribution in [3.63, 3.8) is 0 Å². The van der Waals surface area contributed by atoms with Crippen molar-refractivity contribution in [3.8, 4) is 11.4 Å². The fourth-order valence-electron chi connectivity index (χ4n) is 4.00. The summed E-state index contributed by atoms with van der Waals surface area (Å²) in [6, 6.07) is 14.0. The van der Waals surface area contributed by atoms with Gasteiger partial charge in [0, 0.05) is 37.0 Å². The molecule has 2 amide bonds. The Morgan fingerprint density at radius 2 is 1.86 bits per heavy atom. The van der Waals surface area contributed by atoms with Gasteiger partial charge < -0.3 is 14.7 Å². The Labute approximate surface area is 170 Å². The first-order chi connectivity index (χ1) is 14.2. The molecule has 0 unspecified atom stereocenters. The maximum absolute atomic E-state index is 12.7. The Morgan fingerprint density at radius 1 is 1.14 bits per heavy atom. The van der Waals surface area contributed by atoms with E-state index in [0.717, 1.165) is 18.4 Å². The van der Waals surface area contributed by atoms with E-state index in [2.05, 4.69) is 44.7 Å². The maximum atomic E-state index is 12.7. The van der Waals surface area contributed by atoms with E-state index in [1.54, 1.807) is 24.3 Å². The van der Waals surface area contributed by atoms with Crippen molar-refractivity contribution in [1.29, 1.82) is 0 Å². The Kier molecular flexibility index (Phi) is 5.55. The molecule has 7 heteroatoms. The minimum Gasteiger partial charge on any atom is -0.337 e. The van der Waals surface area contributed by atoms with E-state index in [0.29, 0.717) is 18.3 Å². The smallest absolute Gasteiger partial charge is 0.317 e. The largest absolute Gasteiger partial charge is 0.337 e. The summed E-state index contributed by atoms with van der Waals surface area (Å²) in [7, 11) is 1.73. The Bertz CT molecular complexity index is 936. The number of carbonyl (C=O) groups excluding carboxylic acids is 1. The third-order valence-electron chi connectivity index (χ3n) is 5.65. The van der Waals surface area contributed by atoms with Crippen molar-refractivity contribution in [3.05, 3.63) is 66.3 Å². The fraction of sp³-hybridized carbons (Fsp3) is 0.364. The monoisotopic (exact) mass is 391 g/mol. The van der Waals surface area contributed by atoms with Gasteiger partial charge in [-0.15, -0.1) is 0 Å². The van der Waals surface area contributed by atoms with Gasteiger partial charge in [-0.25, -0.2) is 4.79 Å². The molecule has 1 fully saturated rings. The van der Waals surface area contributed by atoms with Gasteiger partial charge in [0.25, 0.3) is 0 Å². The van der Waals surface area contributed by atoms with Crippen LogP contribution in [0.4, 0.5) is 4.79 Å². The fourth-order valence-corrected chi connectivity index (χ4v) is 4.00. The lowest BCUT2D eigenvalue weighted by Gasteiger charge is -2.31. The molecule has 1 aliphatic rings. The van der Waals surface area contributed by atoms with Crippen LogP contribution in [-0.4, -0.2) is 39.6 Å². The number of aromatic nitrogens is 3. The second-order valence-electron chi connectivity index (χ2n) is 7.62. The highest BCUT2D eigenvalue weighted by Crippen LogP contribution is 2.40. The SMILES string of the molecule is CN(Cc1nc(-c2ccncc2)no1)C(=O)NCC1(c2ccccc2)CCCC1. The zero-order valence-corrected chi connectivity index (χ0v) is 16.5. The molecule has 29 heavy (non-hydrogen) atoms. The molecule has 0 saturated heterocycles. The summed E-state index contributed by atoms with van der Waals surface area (Å²) in [5.74, 6) is 0.887. The Hall–Kier alpha value is -3.22. The molecule has 0 aliphatic heterocycles. The van der Waals surface area contributed by atoms with Gasteiger partial charge in [-0.05, 0) is 30.5 Å². The van der Waals surface area contributed by atoms with Gasteiger partial charge in [0.15, 0.2) is 0 Å². The van der Waals surface area contributed by atoms with Crippen molar-refractivity contribution in [2.45, 2.75) is 37.6 Å². The summed E-state index contributed by atoms with van der Waals surface area (Å²) in [5.41, 5.74) is 2.16. The van der Waals surface area contributed by atoms with Gasteiger partial charge >= 0.3 is 6.03 Å². The highest BCUT2D eigenvalue weighted by Gasteiger charge is 2.36. The van der Waals surface area contributed by atoms with Crippen molar-refractivity contribution in [2.24, 2.45) is 0 Å². The lowest BCUT2D eigenvalue weighted by atomic mass is 9.79. The van der Waals surface area contributed by atoms with E-state index >= 15 is 0 Å². The second-order valence-corrected chi connectivity index (χ2v) is 7.62. The zero-order chi connectivity index (χ0) is 20.1. The van der Waals surface area contributed by atoms with Crippen molar-refractivity contribution < 1.29 is 9.32 Å². The third-order valence-corrected chi connectivity index (χ3v) is 5.65. The standard InChI is InChI=1S/C22H25N5O2/c1-27(15-19-25-20(26-29-19)17-9-13-23-14-10-17)21(28)24-16-22(11-5-6-12-22)18-7-3-2-4-8-18/h2-4,7-10,13-14H,5-6,11-12,15-16H2,1H3,(H,24,28). The lowest BCUT2D eigenvalue weighted by Crippen LogP contribution is -2.44. The molecule has 0 atom stereocenters. The molecule has 1 saturated carbocycles. The first-order valence-corrected chi connectivity index (χ1v) is 9.94. The number of hydrogen-bond donors (Lipinski definition) is 1. The van der Waals surface area contributed by atoms with E-state index in [4.69, 9.17) is 4.52 Å². The summed E-state index contributed by atoms with van der Waals surface area (Å²) in [6.45, 7) is 0.883. The highest BCUT2D eigenvalue weighted by atomic mass is 16.5. The molecule has 4 rings (SSSR count). The number of rotatable bonds is 6. The molecule has 3 aromatic rings. The van der Waals surface area contributed by atoms with Crippen molar-refractivity contribution in [1.82, 2.24) is 25.3 Å². The van der Waals surface area contributed by atoms with E-state index in [-0.39, 0.29) is 18.0 Å². The molecular formula is C22H25N5O2. The minimum atomic E-state index is -0.143. The Morgan fingerprint density at radius 3 is 2.59 bits per heavy atom. The molecule has 1 aliphatic carbocycles. The molecule has 0 bridgehead atoms. The molecule has 0 spiro atoms. The average Bonchev–Trinajstić information content (AvgIpc) is 3.44. The second kappa shape index (κ2) is 8.43. The van der Waals surface area contributed by atoms with Crippen LogP contribution in [0.1, 0.15) is 37.1 Å². The molecule has 2 heterocycles. The van der Waals surface area contributed by atoms with E-state index in [9.17, 15) is 4.79 Å². The first-order valence-electron chi connectivity index (χ1n) is 9.94. The number of carbonyl (C=O) groups is 1. The minimum absolute atomic E-state index is 0.0246. The summed E-state index contributed by atoms with van der Waals surface area (Å²) >= 11 is 0. The average molecular weight is 391 g/mol. The molecule has 150 valence electrons. The number of nitrogens with one attached hydrogen (secondary N) is 1. The highest BCUT2D eigenvalue weighted by molar-refractivity contribution is 5.74.